The number of halogens is 1. The minimum atomic E-state index is -3.35. The minimum Gasteiger partial charge on any atom is -0.481 e. The highest BCUT2D eigenvalue weighted by Crippen LogP contribution is 2.47. The number of carboxylic acids is 1. The van der Waals surface area contributed by atoms with Crippen molar-refractivity contribution in [2.75, 3.05) is 5.32 Å². The Morgan fingerprint density at radius 3 is 2.23 bits per heavy atom. The van der Waals surface area contributed by atoms with Crippen LogP contribution in [0.5, 0.6) is 0 Å². The zero-order chi connectivity index (χ0) is 38.2. The number of aryl methyl sites for hydroxylation is 4. The second-order valence-electron chi connectivity index (χ2n) is 13.3. The van der Waals surface area contributed by atoms with Gasteiger partial charge in [-0.05, 0) is 112 Å². The first-order valence-electron chi connectivity index (χ1n) is 17.8. The van der Waals surface area contributed by atoms with E-state index in [9.17, 15) is 29.3 Å². The Labute approximate surface area is 287 Å². The van der Waals surface area contributed by atoms with Gasteiger partial charge in [0.25, 0.3) is 5.91 Å². The molecule has 0 radical (unpaired) electrons. The number of carbonyl (C=O) groups is 2. The van der Waals surface area contributed by atoms with Crippen LogP contribution in [-0.2, 0) is 4.79 Å². The van der Waals surface area contributed by atoms with E-state index in [0.717, 1.165) is 22.3 Å². The molecular formula is C40H49FN2O5. The summed E-state index contributed by atoms with van der Waals surface area (Å²) in [5.74, 6) is -3.02. The number of rotatable bonds is 13. The van der Waals surface area contributed by atoms with Crippen LogP contribution in [0.1, 0.15) is 101 Å². The summed E-state index contributed by atoms with van der Waals surface area (Å²) in [5, 5.41) is 34.3. The molecule has 256 valence electrons. The molecule has 4 rings (SSSR count). The number of aliphatic hydroxyl groups is 2. The second-order valence-corrected chi connectivity index (χ2v) is 13.3. The Morgan fingerprint density at radius 2 is 1.62 bits per heavy atom. The molecule has 4 aromatic rings. The molecule has 7 nitrogen and oxygen atoms in total. The zero-order valence-electron chi connectivity index (χ0n) is 32.0. The van der Waals surface area contributed by atoms with E-state index >= 15 is 0 Å². The topological polar surface area (TPSA) is 112 Å². The summed E-state index contributed by atoms with van der Waals surface area (Å²) in [6, 6.07) is 17.2. The average molecular weight is 660 g/mol. The molecule has 3 aromatic carbocycles. The summed E-state index contributed by atoms with van der Waals surface area (Å²) in [6.45, 7) is 15.6. The Morgan fingerprint density at radius 1 is 0.917 bits per heavy atom. The molecule has 0 bridgehead atoms. The standard InChI is InChI=1S/C40H49FN2O5/c1-22(2)28(8)38-37(40(48)42-31-14-12-24(4)25(5)18-31)36(29-11-9-10-23(3)16-29)39(34-15-13-30(41)17-26(34)6)43(38)27(7)19-32(44)20-33(45)21-35(46)47/h9-18,22,27-28,32-33,44-45H,19-21H2,1-8H3,(H,42,48)(H,46,47)/t27?,28?,32-,33-/m1/s1/i21D2,33D. The third-order valence-corrected chi connectivity index (χ3v) is 9.15. The molecule has 8 heteroatoms. The van der Waals surface area contributed by atoms with Crippen LogP contribution in [0.2, 0.25) is 0 Å². The van der Waals surface area contributed by atoms with Crippen molar-refractivity contribution in [3.63, 3.8) is 0 Å². The van der Waals surface area contributed by atoms with Crippen molar-refractivity contribution in [1.29, 1.82) is 0 Å². The van der Waals surface area contributed by atoms with E-state index in [1.165, 1.54) is 12.1 Å². The van der Waals surface area contributed by atoms with Crippen LogP contribution in [0.3, 0.4) is 0 Å². The number of hydrogen-bond donors (Lipinski definition) is 4. The van der Waals surface area contributed by atoms with Gasteiger partial charge in [0.05, 0.1) is 31.2 Å². The van der Waals surface area contributed by atoms with E-state index in [1.807, 2.05) is 95.5 Å². The van der Waals surface area contributed by atoms with Crippen LogP contribution < -0.4 is 5.32 Å². The van der Waals surface area contributed by atoms with Crippen LogP contribution >= 0.6 is 0 Å². The molecular weight excluding hydrogens is 607 g/mol. The lowest BCUT2D eigenvalue weighted by Crippen LogP contribution is -2.25. The number of anilines is 1. The molecule has 1 amide bonds. The third kappa shape index (κ3) is 8.23. The first-order chi connectivity index (χ1) is 23.7. The van der Waals surface area contributed by atoms with E-state index in [-0.39, 0.29) is 24.2 Å². The summed E-state index contributed by atoms with van der Waals surface area (Å²) in [5.41, 5.74) is 7.92. The van der Waals surface area contributed by atoms with Crippen LogP contribution in [0.25, 0.3) is 22.4 Å². The second kappa shape index (κ2) is 15.3. The third-order valence-electron chi connectivity index (χ3n) is 9.15. The van der Waals surface area contributed by atoms with Crippen molar-refractivity contribution in [2.45, 2.75) is 98.7 Å². The molecule has 0 spiro atoms. The zero-order valence-corrected chi connectivity index (χ0v) is 29.0. The molecule has 2 unspecified atom stereocenters. The van der Waals surface area contributed by atoms with E-state index in [2.05, 4.69) is 5.32 Å². The lowest BCUT2D eigenvalue weighted by molar-refractivity contribution is -0.139. The van der Waals surface area contributed by atoms with Gasteiger partial charge in [-0.3, -0.25) is 9.59 Å². The maximum atomic E-state index is 14.8. The molecule has 4 N–H and O–H groups in total. The number of aliphatic carboxylic acids is 1. The monoisotopic (exact) mass is 659 g/mol. The summed E-state index contributed by atoms with van der Waals surface area (Å²) in [6.07, 6.45) is -9.02. The van der Waals surface area contributed by atoms with Gasteiger partial charge in [-0.2, -0.15) is 0 Å². The molecule has 1 heterocycles. The highest BCUT2D eigenvalue weighted by molar-refractivity contribution is 6.12. The van der Waals surface area contributed by atoms with Gasteiger partial charge in [-0.1, -0.05) is 56.7 Å². The van der Waals surface area contributed by atoms with E-state index in [4.69, 9.17) is 4.11 Å². The summed E-state index contributed by atoms with van der Waals surface area (Å²) in [4.78, 5) is 26.3. The van der Waals surface area contributed by atoms with Crippen molar-refractivity contribution in [3.05, 3.63) is 100.0 Å². The largest absolute Gasteiger partial charge is 0.481 e. The highest BCUT2D eigenvalue weighted by atomic mass is 19.1. The van der Waals surface area contributed by atoms with Gasteiger partial charge in [0, 0.05) is 31.3 Å². The predicted octanol–water partition coefficient (Wildman–Crippen LogP) is 8.74. The lowest BCUT2D eigenvalue weighted by atomic mass is 9.88. The number of amides is 1. The maximum Gasteiger partial charge on any atom is 0.305 e. The van der Waals surface area contributed by atoms with Crippen molar-refractivity contribution < 1.29 is 33.4 Å². The van der Waals surface area contributed by atoms with Crippen LogP contribution in [-0.4, -0.2) is 43.9 Å². The Bertz CT molecular complexity index is 1940. The van der Waals surface area contributed by atoms with Gasteiger partial charge in [-0.15, -0.1) is 0 Å². The number of nitrogens with zero attached hydrogens (tertiary/aromatic N) is 1. The van der Waals surface area contributed by atoms with Crippen LogP contribution in [0.15, 0.2) is 60.7 Å². The molecule has 0 aliphatic carbocycles. The van der Waals surface area contributed by atoms with Gasteiger partial charge >= 0.3 is 5.97 Å². The fourth-order valence-electron chi connectivity index (χ4n) is 6.29. The minimum absolute atomic E-state index is 0.0256. The summed E-state index contributed by atoms with van der Waals surface area (Å²) in [7, 11) is 0. The van der Waals surface area contributed by atoms with E-state index < -0.39 is 42.8 Å². The average Bonchev–Trinajstić information content (AvgIpc) is 3.38. The van der Waals surface area contributed by atoms with Crippen molar-refractivity contribution in [2.24, 2.45) is 5.92 Å². The smallest absolute Gasteiger partial charge is 0.305 e. The number of benzene rings is 3. The predicted molar refractivity (Wildman–Crippen MR) is 190 cm³/mol. The Kier molecular flexibility index (Phi) is 10.3. The maximum absolute atomic E-state index is 14.8. The molecule has 0 aliphatic rings. The molecule has 0 aliphatic heterocycles. The number of nitrogens with one attached hydrogen (secondary N) is 1. The quantitative estimate of drug-likeness (QED) is 0.115. The fraction of sp³-hybridized carbons (Fsp3) is 0.400. The van der Waals surface area contributed by atoms with Crippen LogP contribution in [0.4, 0.5) is 10.1 Å². The SMILES string of the molecule is [2H]C([2H])(C(=O)O)[C@]([2H])(O)C[C@H](O)CC(C)n1c(-c2ccc(F)cc2C)c(-c2cccc(C)c2)c(C(=O)Nc2ccc(C)c(C)c2)c1C(C)C(C)C. The van der Waals surface area contributed by atoms with E-state index in [0.29, 0.717) is 39.3 Å². The van der Waals surface area contributed by atoms with Gasteiger partial charge in [0.15, 0.2) is 0 Å². The lowest BCUT2D eigenvalue weighted by Gasteiger charge is -2.28. The molecule has 1 aromatic heterocycles. The number of aliphatic hydroxyl groups excluding tert-OH is 1. The van der Waals surface area contributed by atoms with Crippen LogP contribution in [0, 0.1) is 39.4 Å². The number of hydrogen-bond acceptors (Lipinski definition) is 4. The number of carbonyl (C=O) groups excluding carboxylic acids is 1. The molecule has 0 saturated carbocycles. The summed E-state index contributed by atoms with van der Waals surface area (Å²) >= 11 is 0. The number of carboxylic acid groups (broad SMARTS) is 1. The van der Waals surface area contributed by atoms with Gasteiger partial charge in [0.2, 0.25) is 0 Å². The fourth-order valence-corrected chi connectivity index (χ4v) is 6.29. The molecule has 0 saturated heterocycles. The Balaban J connectivity index is 2.07. The van der Waals surface area contributed by atoms with E-state index in [1.54, 1.807) is 13.0 Å². The first kappa shape index (κ1) is 32.3. The highest BCUT2D eigenvalue weighted by Gasteiger charge is 2.35. The van der Waals surface area contributed by atoms with Gasteiger partial charge < -0.3 is 25.2 Å². The Hall–Kier alpha value is -4.27. The first-order valence-corrected chi connectivity index (χ1v) is 16.3. The van der Waals surface area contributed by atoms with Crippen molar-refractivity contribution in [3.8, 4) is 22.4 Å². The normalized spacial score (nSPS) is 16.0. The van der Waals surface area contributed by atoms with Gasteiger partial charge in [-0.25, -0.2) is 4.39 Å². The van der Waals surface area contributed by atoms with Gasteiger partial charge in [0.1, 0.15) is 5.82 Å². The molecule has 48 heavy (non-hydrogen) atoms. The summed E-state index contributed by atoms with van der Waals surface area (Å²) < 4.78 is 40.3. The van der Waals surface area contributed by atoms with Crippen molar-refractivity contribution in [1.82, 2.24) is 4.57 Å². The number of aromatic nitrogens is 1. The molecule has 0 fully saturated rings. The van der Waals surface area contributed by atoms with Crippen molar-refractivity contribution >= 4 is 17.6 Å². The molecule has 4 atom stereocenters.